The van der Waals surface area contributed by atoms with Gasteiger partial charge in [0.15, 0.2) is 5.69 Å². The molecule has 0 saturated carbocycles. The Morgan fingerprint density at radius 1 is 1.14 bits per heavy atom. The zero-order chi connectivity index (χ0) is 19.5. The number of amides is 1. The summed E-state index contributed by atoms with van der Waals surface area (Å²) in [7, 11) is 0. The van der Waals surface area contributed by atoms with Crippen LogP contribution in [0.3, 0.4) is 0 Å². The van der Waals surface area contributed by atoms with Crippen molar-refractivity contribution in [2.24, 2.45) is 0 Å². The molecule has 0 aliphatic rings. The van der Waals surface area contributed by atoms with Gasteiger partial charge in [-0.15, -0.1) is 0 Å². The third-order valence-corrected chi connectivity index (χ3v) is 4.21. The molecule has 4 aromatic rings. The van der Waals surface area contributed by atoms with Crippen molar-refractivity contribution in [1.29, 1.82) is 0 Å². The van der Waals surface area contributed by atoms with E-state index >= 15 is 0 Å². The summed E-state index contributed by atoms with van der Waals surface area (Å²) in [6.45, 7) is 0.423. The molecule has 0 fully saturated rings. The number of aromatic nitrogens is 4. The number of imidazole rings is 1. The Bertz CT molecular complexity index is 1130. The second kappa shape index (κ2) is 7.31. The maximum atomic E-state index is 12.3. The lowest BCUT2D eigenvalue weighted by atomic mass is 10.3. The van der Waals surface area contributed by atoms with Gasteiger partial charge in [0.25, 0.3) is 11.6 Å². The van der Waals surface area contributed by atoms with Gasteiger partial charge in [0.05, 0.1) is 16.3 Å². The maximum absolute atomic E-state index is 12.3. The third kappa shape index (κ3) is 3.58. The number of pyridine rings is 1. The zero-order valence-electron chi connectivity index (χ0n) is 14.7. The Balaban J connectivity index is 1.39. The van der Waals surface area contributed by atoms with Gasteiger partial charge in [-0.2, -0.15) is 5.10 Å². The average molecular weight is 376 g/mol. The number of non-ortho nitro benzene ring substituents is 1. The highest BCUT2D eigenvalue weighted by molar-refractivity contribution is 5.92. The second-order valence-corrected chi connectivity index (χ2v) is 6.13. The van der Waals surface area contributed by atoms with E-state index in [0.29, 0.717) is 18.7 Å². The molecular formula is C19H16N6O3. The standard InChI is InChI=1S/C19H16N6O3/c26-19(20-9-7-14-13-23-10-2-1-6-18(23)21-14)17-8-11-24(22-17)15-4-3-5-16(12-15)25(27)28/h1-6,8,10-13H,7,9H2,(H,20,26). The van der Waals surface area contributed by atoms with Crippen LogP contribution in [0.4, 0.5) is 5.69 Å². The molecule has 140 valence electrons. The van der Waals surface area contributed by atoms with Crippen molar-refractivity contribution < 1.29 is 9.72 Å². The van der Waals surface area contributed by atoms with Gasteiger partial charge in [-0.3, -0.25) is 14.9 Å². The van der Waals surface area contributed by atoms with Crippen molar-refractivity contribution in [2.45, 2.75) is 6.42 Å². The minimum absolute atomic E-state index is 0.0357. The van der Waals surface area contributed by atoms with Gasteiger partial charge in [0, 0.05) is 43.7 Å². The first-order chi connectivity index (χ1) is 13.6. The number of rotatable bonds is 6. The van der Waals surface area contributed by atoms with E-state index in [1.165, 1.54) is 16.8 Å². The summed E-state index contributed by atoms with van der Waals surface area (Å²) in [5.41, 5.74) is 2.46. The molecule has 0 radical (unpaired) electrons. The zero-order valence-corrected chi connectivity index (χ0v) is 14.7. The normalized spacial score (nSPS) is 10.9. The maximum Gasteiger partial charge on any atom is 0.271 e. The van der Waals surface area contributed by atoms with E-state index in [9.17, 15) is 14.9 Å². The van der Waals surface area contributed by atoms with Crippen LogP contribution >= 0.6 is 0 Å². The second-order valence-electron chi connectivity index (χ2n) is 6.13. The minimum atomic E-state index is -0.472. The third-order valence-electron chi connectivity index (χ3n) is 4.21. The molecule has 0 aliphatic heterocycles. The van der Waals surface area contributed by atoms with E-state index < -0.39 is 4.92 Å². The Hall–Kier alpha value is -4.01. The number of nitrogens with one attached hydrogen (secondary N) is 1. The molecule has 4 rings (SSSR count). The average Bonchev–Trinajstić information content (AvgIpc) is 3.35. The SMILES string of the molecule is O=C(NCCc1cn2ccccc2n1)c1ccn(-c2cccc([N+](=O)[O-])c2)n1. The van der Waals surface area contributed by atoms with Crippen LogP contribution in [0.5, 0.6) is 0 Å². The van der Waals surface area contributed by atoms with E-state index in [2.05, 4.69) is 15.4 Å². The number of nitro groups is 1. The number of benzene rings is 1. The molecule has 3 aromatic heterocycles. The van der Waals surface area contributed by atoms with Gasteiger partial charge < -0.3 is 9.72 Å². The molecule has 9 nitrogen and oxygen atoms in total. The van der Waals surface area contributed by atoms with Crippen LogP contribution in [-0.4, -0.2) is 36.5 Å². The van der Waals surface area contributed by atoms with Crippen molar-refractivity contribution in [1.82, 2.24) is 24.5 Å². The van der Waals surface area contributed by atoms with Crippen LogP contribution in [0.2, 0.25) is 0 Å². The molecule has 0 saturated heterocycles. The number of hydrogen-bond acceptors (Lipinski definition) is 5. The molecule has 0 spiro atoms. The quantitative estimate of drug-likeness (QED) is 0.411. The topological polar surface area (TPSA) is 107 Å². The Morgan fingerprint density at radius 2 is 2.04 bits per heavy atom. The van der Waals surface area contributed by atoms with Crippen molar-refractivity contribution in [3.05, 3.63) is 88.6 Å². The van der Waals surface area contributed by atoms with Gasteiger partial charge in [-0.05, 0) is 24.3 Å². The largest absolute Gasteiger partial charge is 0.350 e. The highest BCUT2D eigenvalue weighted by atomic mass is 16.6. The summed E-state index contributed by atoms with van der Waals surface area (Å²) in [5.74, 6) is -0.312. The summed E-state index contributed by atoms with van der Waals surface area (Å²) in [6, 6.07) is 13.4. The number of carbonyl (C=O) groups is 1. The first-order valence-electron chi connectivity index (χ1n) is 8.61. The van der Waals surface area contributed by atoms with Gasteiger partial charge in [0.2, 0.25) is 0 Å². The van der Waals surface area contributed by atoms with Crippen molar-refractivity contribution >= 4 is 17.2 Å². The van der Waals surface area contributed by atoms with E-state index in [4.69, 9.17) is 0 Å². The van der Waals surface area contributed by atoms with Crippen LogP contribution in [0.1, 0.15) is 16.2 Å². The van der Waals surface area contributed by atoms with E-state index in [-0.39, 0.29) is 17.3 Å². The number of carbonyl (C=O) groups excluding carboxylic acids is 1. The lowest BCUT2D eigenvalue weighted by molar-refractivity contribution is -0.384. The molecule has 0 unspecified atom stereocenters. The van der Waals surface area contributed by atoms with Crippen LogP contribution in [0.25, 0.3) is 11.3 Å². The van der Waals surface area contributed by atoms with Gasteiger partial charge in [-0.25, -0.2) is 9.67 Å². The van der Waals surface area contributed by atoms with Crippen molar-refractivity contribution in [3.63, 3.8) is 0 Å². The number of nitro benzene ring substituents is 1. The molecule has 0 bridgehead atoms. The molecule has 1 aromatic carbocycles. The predicted molar refractivity (Wildman–Crippen MR) is 101 cm³/mol. The molecule has 28 heavy (non-hydrogen) atoms. The Labute approximate surface area is 159 Å². The fraction of sp³-hybridized carbons (Fsp3) is 0.105. The van der Waals surface area contributed by atoms with Crippen molar-refractivity contribution in [3.8, 4) is 5.69 Å². The molecule has 0 aliphatic carbocycles. The van der Waals surface area contributed by atoms with Crippen molar-refractivity contribution in [2.75, 3.05) is 6.54 Å². The van der Waals surface area contributed by atoms with Crippen LogP contribution in [0, 0.1) is 10.1 Å². The summed E-state index contributed by atoms with van der Waals surface area (Å²) in [5, 5.41) is 17.9. The summed E-state index contributed by atoms with van der Waals surface area (Å²) >= 11 is 0. The van der Waals surface area contributed by atoms with Crippen LogP contribution in [-0.2, 0) is 6.42 Å². The molecule has 9 heteroatoms. The Morgan fingerprint density at radius 3 is 2.86 bits per heavy atom. The van der Waals surface area contributed by atoms with E-state index in [1.807, 2.05) is 35.0 Å². The molecule has 1 amide bonds. The molecule has 1 N–H and O–H groups in total. The summed E-state index contributed by atoms with van der Waals surface area (Å²) < 4.78 is 3.36. The number of nitrogens with zero attached hydrogens (tertiary/aromatic N) is 5. The van der Waals surface area contributed by atoms with E-state index in [0.717, 1.165) is 11.3 Å². The molecule has 3 heterocycles. The monoisotopic (exact) mass is 376 g/mol. The van der Waals surface area contributed by atoms with Gasteiger partial charge >= 0.3 is 0 Å². The fourth-order valence-corrected chi connectivity index (χ4v) is 2.84. The fourth-order valence-electron chi connectivity index (χ4n) is 2.84. The Kier molecular flexibility index (Phi) is 4.55. The highest BCUT2D eigenvalue weighted by Crippen LogP contribution is 2.16. The first-order valence-corrected chi connectivity index (χ1v) is 8.61. The number of hydrogen-bond donors (Lipinski definition) is 1. The van der Waals surface area contributed by atoms with Crippen LogP contribution in [0.15, 0.2) is 67.1 Å². The van der Waals surface area contributed by atoms with Crippen LogP contribution < -0.4 is 5.32 Å². The summed E-state index contributed by atoms with van der Waals surface area (Å²) in [4.78, 5) is 27.2. The smallest absolute Gasteiger partial charge is 0.271 e. The molecular weight excluding hydrogens is 360 g/mol. The number of fused-ring (bicyclic) bond motifs is 1. The van der Waals surface area contributed by atoms with Gasteiger partial charge in [0.1, 0.15) is 5.65 Å². The highest BCUT2D eigenvalue weighted by Gasteiger charge is 2.12. The minimum Gasteiger partial charge on any atom is -0.350 e. The first kappa shape index (κ1) is 17.4. The summed E-state index contributed by atoms with van der Waals surface area (Å²) in [6.07, 6.45) is 6.04. The predicted octanol–water partition coefficient (Wildman–Crippen LogP) is 2.40. The lowest BCUT2D eigenvalue weighted by Crippen LogP contribution is -2.26. The van der Waals surface area contributed by atoms with Gasteiger partial charge in [-0.1, -0.05) is 12.1 Å². The van der Waals surface area contributed by atoms with E-state index in [1.54, 1.807) is 24.4 Å². The molecule has 0 atom stereocenters. The lowest BCUT2D eigenvalue weighted by Gasteiger charge is -2.02.